The Hall–Kier alpha value is -2.95. The smallest absolute Gasteiger partial charge is 0.237 e. The predicted octanol–water partition coefficient (Wildman–Crippen LogP) is 4.84. The van der Waals surface area contributed by atoms with Crippen molar-refractivity contribution in [1.29, 1.82) is 0 Å². The summed E-state index contributed by atoms with van der Waals surface area (Å²) < 4.78 is 0. The summed E-state index contributed by atoms with van der Waals surface area (Å²) in [6, 6.07) is 27.9. The molecule has 3 aromatic carbocycles. The molecule has 1 unspecified atom stereocenters. The highest BCUT2D eigenvalue weighted by Gasteiger charge is 2.28. The molecule has 2 heterocycles. The van der Waals surface area contributed by atoms with Gasteiger partial charge in [0.15, 0.2) is 0 Å². The first kappa shape index (κ1) is 21.9. The van der Waals surface area contributed by atoms with Crippen LogP contribution in [-0.4, -0.2) is 40.9 Å². The van der Waals surface area contributed by atoms with Gasteiger partial charge in [-0.25, -0.2) is 0 Å². The van der Waals surface area contributed by atoms with Gasteiger partial charge in [0.25, 0.3) is 0 Å². The van der Waals surface area contributed by atoms with Crippen LogP contribution in [0.3, 0.4) is 0 Å². The van der Waals surface area contributed by atoms with E-state index >= 15 is 0 Å². The number of amides is 1. The maximum atomic E-state index is 13.3. The molecular weight excluding hydrogens is 406 g/mol. The molecule has 33 heavy (non-hydrogen) atoms. The number of benzene rings is 3. The summed E-state index contributed by atoms with van der Waals surface area (Å²) in [5.41, 5.74) is 6.51. The molecule has 1 fully saturated rings. The fourth-order valence-electron chi connectivity index (χ4n) is 5.17. The fraction of sp³-hybridized carbons (Fsp3) is 0.345. The average molecular weight is 440 g/mol. The van der Waals surface area contributed by atoms with Crippen LogP contribution in [0.4, 0.5) is 0 Å². The molecule has 1 N–H and O–H groups in total. The monoisotopic (exact) mass is 439 g/mol. The van der Waals surface area contributed by atoms with E-state index in [4.69, 9.17) is 0 Å². The number of hydrogen-bond donors (Lipinski definition) is 1. The van der Waals surface area contributed by atoms with Crippen molar-refractivity contribution >= 4 is 5.91 Å². The number of rotatable bonds is 5. The van der Waals surface area contributed by atoms with E-state index in [-0.39, 0.29) is 18.0 Å². The van der Waals surface area contributed by atoms with Crippen molar-refractivity contribution in [3.63, 3.8) is 0 Å². The van der Waals surface area contributed by atoms with Crippen LogP contribution in [0.5, 0.6) is 0 Å². The number of carbonyl (C=O) groups is 1. The first-order valence-electron chi connectivity index (χ1n) is 12.1. The molecule has 1 saturated heterocycles. The van der Waals surface area contributed by atoms with E-state index < -0.39 is 0 Å². The largest absolute Gasteiger partial charge is 0.352 e. The molecule has 0 aliphatic carbocycles. The third kappa shape index (κ3) is 5.02. The molecule has 4 heteroatoms. The lowest BCUT2D eigenvalue weighted by atomic mass is 9.97. The van der Waals surface area contributed by atoms with Crippen molar-refractivity contribution in [3.8, 4) is 11.1 Å². The normalized spacial score (nSPS) is 18.1. The number of likely N-dealkylation sites (tertiary alicyclic amines) is 1. The summed E-state index contributed by atoms with van der Waals surface area (Å²) in [6.45, 7) is 6.67. The van der Waals surface area contributed by atoms with Crippen LogP contribution in [0.15, 0.2) is 78.9 Å². The van der Waals surface area contributed by atoms with Gasteiger partial charge in [-0.1, -0.05) is 78.9 Å². The lowest BCUT2D eigenvalue weighted by Gasteiger charge is -2.34. The molecular formula is C29H33N3O. The summed E-state index contributed by atoms with van der Waals surface area (Å²) >= 11 is 0. The van der Waals surface area contributed by atoms with E-state index in [1.165, 1.54) is 27.8 Å². The van der Waals surface area contributed by atoms with Gasteiger partial charge in [-0.3, -0.25) is 14.6 Å². The number of hydrogen-bond acceptors (Lipinski definition) is 3. The molecule has 4 nitrogen and oxygen atoms in total. The van der Waals surface area contributed by atoms with Gasteiger partial charge < -0.3 is 5.32 Å². The predicted molar refractivity (Wildman–Crippen MR) is 133 cm³/mol. The zero-order valence-electron chi connectivity index (χ0n) is 19.4. The summed E-state index contributed by atoms with van der Waals surface area (Å²) in [5, 5.41) is 3.36. The molecule has 1 amide bonds. The maximum absolute atomic E-state index is 13.3. The summed E-state index contributed by atoms with van der Waals surface area (Å²) in [5.74, 6) is 0.147. The fourth-order valence-corrected chi connectivity index (χ4v) is 5.17. The van der Waals surface area contributed by atoms with E-state index in [9.17, 15) is 4.79 Å². The van der Waals surface area contributed by atoms with Crippen molar-refractivity contribution in [1.82, 2.24) is 15.1 Å². The van der Waals surface area contributed by atoms with Gasteiger partial charge in [-0.05, 0) is 47.6 Å². The third-order valence-electron chi connectivity index (χ3n) is 7.18. The van der Waals surface area contributed by atoms with Crippen LogP contribution in [0.25, 0.3) is 11.1 Å². The molecule has 2 aliphatic heterocycles. The van der Waals surface area contributed by atoms with Crippen LogP contribution in [0.2, 0.25) is 0 Å². The van der Waals surface area contributed by atoms with Gasteiger partial charge in [-0.2, -0.15) is 0 Å². The van der Waals surface area contributed by atoms with Crippen molar-refractivity contribution < 1.29 is 4.79 Å². The van der Waals surface area contributed by atoms with Gasteiger partial charge in [0.05, 0.1) is 6.04 Å². The second-order valence-electron chi connectivity index (χ2n) is 9.44. The van der Waals surface area contributed by atoms with E-state index in [1.54, 1.807) is 0 Å². The van der Waals surface area contributed by atoms with E-state index in [2.05, 4.69) is 101 Å². The maximum Gasteiger partial charge on any atom is 0.237 e. The Morgan fingerprint density at radius 1 is 0.848 bits per heavy atom. The molecule has 0 bridgehead atoms. The molecule has 0 radical (unpaired) electrons. The minimum Gasteiger partial charge on any atom is -0.352 e. The van der Waals surface area contributed by atoms with Crippen LogP contribution in [0.1, 0.15) is 36.5 Å². The van der Waals surface area contributed by atoms with E-state index in [0.717, 1.165) is 45.6 Å². The van der Waals surface area contributed by atoms with Gasteiger partial charge in [0.1, 0.15) is 0 Å². The molecule has 2 aliphatic rings. The number of fused-ring (bicyclic) bond motifs is 3. The number of nitrogens with one attached hydrogen (secondary N) is 1. The van der Waals surface area contributed by atoms with Crippen LogP contribution in [0, 0.1) is 0 Å². The Morgan fingerprint density at radius 2 is 1.39 bits per heavy atom. The standard InChI is InChI=1S/C29H33N3O/c1-22(29(33)30-26-15-17-31(18-16-26)19-23-9-3-2-4-10-23)32-20-24-11-5-7-13-27(24)28-14-8-6-12-25(28)21-32/h2-14,22,26H,15-21H2,1H3,(H,30,33). The SMILES string of the molecule is CC(C(=O)NC1CCN(Cc2ccccc2)CC1)N1Cc2ccccc2-c2ccccc2C1. The molecule has 5 rings (SSSR count). The quantitative estimate of drug-likeness (QED) is 0.618. The molecule has 3 aromatic rings. The number of piperidine rings is 1. The van der Waals surface area contributed by atoms with Crippen molar-refractivity contribution in [2.24, 2.45) is 0 Å². The summed E-state index contributed by atoms with van der Waals surface area (Å²) in [7, 11) is 0. The first-order valence-corrected chi connectivity index (χ1v) is 12.1. The minimum atomic E-state index is -0.174. The van der Waals surface area contributed by atoms with Gasteiger partial charge >= 0.3 is 0 Å². The number of nitrogens with zero attached hydrogens (tertiary/aromatic N) is 2. The second kappa shape index (κ2) is 9.90. The second-order valence-corrected chi connectivity index (χ2v) is 9.44. The Morgan fingerprint density at radius 3 is 2.00 bits per heavy atom. The Kier molecular flexibility index (Phi) is 6.56. The topological polar surface area (TPSA) is 35.6 Å². The van der Waals surface area contributed by atoms with Gasteiger partial charge in [0.2, 0.25) is 5.91 Å². The van der Waals surface area contributed by atoms with Crippen molar-refractivity contribution in [2.45, 2.75) is 51.5 Å². The lowest BCUT2D eigenvalue weighted by Crippen LogP contribution is -2.50. The van der Waals surface area contributed by atoms with Crippen molar-refractivity contribution in [3.05, 3.63) is 95.6 Å². The first-order chi connectivity index (χ1) is 16.2. The highest BCUT2D eigenvalue weighted by atomic mass is 16.2. The van der Waals surface area contributed by atoms with Gasteiger partial charge in [0, 0.05) is 38.8 Å². The summed E-state index contributed by atoms with van der Waals surface area (Å²) in [4.78, 5) is 18.1. The van der Waals surface area contributed by atoms with E-state index in [1.807, 2.05) is 0 Å². The Bertz CT molecular complexity index is 1040. The average Bonchev–Trinajstić information content (AvgIpc) is 3.02. The minimum absolute atomic E-state index is 0.147. The van der Waals surface area contributed by atoms with E-state index in [0.29, 0.717) is 0 Å². The molecule has 0 spiro atoms. The van der Waals surface area contributed by atoms with Crippen LogP contribution >= 0.6 is 0 Å². The highest BCUT2D eigenvalue weighted by Crippen LogP contribution is 2.33. The zero-order chi connectivity index (χ0) is 22.6. The zero-order valence-corrected chi connectivity index (χ0v) is 19.4. The Balaban J connectivity index is 1.21. The molecule has 0 aromatic heterocycles. The molecule has 1 atom stereocenters. The van der Waals surface area contributed by atoms with Gasteiger partial charge in [-0.15, -0.1) is 0 Å². The van der Waals surface area contributed by atoms with Crippen LogP contribution in [-0.2, 0) is 24.4 Å². The van der Waals surface area contributed by atoms with Crippen LogP contribution < -0.4 is 5.32 Å². The summed E-state index contributed by atoms with van der Waals surface area (Å²) in [6.07, 6.45) is 2.02. The molecule has 0 saturated carbocycles. The third-order valence-corrected chi connectivity index (χ3v) is 7.18. The highest BCUT2D eigenvalue weighted by molar-refractivity contribution is 5.82. The molecule has 170 valence electrons. The van der Waals surface area contributed by atoms with Crippen molar-refractivity contribution in [2.75, 3.05) is 13.1 Å². The lowest BCUT2D eigenvalue weighted by molar-refractivity contribution is -0.127. The Labute approximate surface area is 197 Å². The number of carbonyl (C=O) groups excluding carboxylic acids is 1.